The average Bonchev–Trinajstić information content (AvgIpc) is 2.89. The first-order valence-electron chi connectivity index (χ1n) is 6.82. The molecule has 0 radical (unpaired) electrons. The van der Waals surface area contributed by atoms with Crippen molar-refractivity contribution >= 4 is 5.95 Å². The molecule has 0 aliphatic carbocycles. The summed E-state index contributed by atoms with van der Waals surface area (Å²) in [5.74, 6) is 0.773. The van der Waals surface area contributed by atoms with E-state index in [-0.39, 0.29) is 5.54 Å². The molecule has 1 N–H and O–H groups in total. The Morgan fingerprint density at radius 1 is 1.37 bits per heavy atom. The van der Waals surface area contributed by atoms with Crippen molar-refractivity contribution in [2.75, 3.05) is 25.2 Å². The maximum atomic E-state index is 5.39. The molecular formula is C14H24N4O. The van der Waals surface area contributed by atoms with Gasteiger partial charge in [-0.1, -0.05) is 0 Å². The molecule has 0 aromatic carbocycles. The summed E-state index contributed by atoms with van der Waals surface area (Å²) >= 11 is 0. The van der Waals surface area contributed by atoms with Gasteiger partial charge in [-0.2, -0.15) is 0 Å². The summed E-state index contributed by atoms with van der Waals surface area (Å²) in [4.78, 5) is 11.0. The van der Waals surface area contributed by atoms with Crippen molar-refractivity contribution in [1.29, 1.82) is 0 Å². The second kappa shape index (κ2) is 5.84. The lowest BCUT2D eigenvalue weighted by molar-refractivity contribution is 0.193. The molecule has 0 bridgehead atoms. The van der Waals surface area contributed by atoms with Crippen molar-refractivity contribution in [2.24, 2.45) is 0 Å². The summed E-state index contributed by atoms with van der Waals surface area (Å²) in [5, 5.41) is 3.43. The summed E-state index contributed by atoms with van der Waals surface area (Å²) in [6.45, 7) is 8.85. The van der Waals surface area contributed by atoms with E-state index >= 15 is 0 Å². The highest BCUT2D eigenvalue weighted by atomic mass is 16.5. The Morgan fingerprint density at radius 2 is 2.05 bits per heavy atom. The Kier molecular flexibility index (Phi) is 4.37. The van der Waals surface area contributed by atoms with Crippen LogP contribution in [-0.4, -0.2) is 41.8 Å². The van der Waals surface area contributed by atoms with E-state index in [1.165, 1.54) is 0 Å². The zero-order valence-electron chi connectivity index (χ0n) is 12.3. The number of nitrogens with one attached hydrogen (secondary N) is 1. The zero-order valence-corrected chi connectivity index (χ0v) is 12.3. The lowest BCUT2D eigenvalue weighted by atomic mass is 10.1. The van der Waals surface area contributed by atoms with Crippen molar-refractivity contribution in [3.8, 4) is 0 Å². The molecule has 1 fully saturated rings. The molecule has 0 amide bonds. The van der Waals surface area contributed by atoms with Gasteiger partial charge in [-0.15, -0.1) is 0 Å². The van der Waals surface area contributed by atoms with Crippen molar-refractivity contribution in [3.63, 3.8) is 0 Å². The predicted octanol–water partition coefficient (Wildman–Crippen LogP) is 1.59. The van der Waals surface area contributed by atoms with Crippen LogP contribution in [0, 0.1) is 0 Å². The number of likely N-dealkylation sites (N-methyl/N-ethyl adjacent to an activating group) is 1. The number of aromatic nitrogens is 2. The van der Waals surface area contributed by atoms with Crippen LogP contribution in [0.1, 0.15) is 32.8 Å². The predicted molar refractivity (Wildman–Crippen MR) is 76.3 cm³/mol. The van der Waals surface area contributed by atoms with E-state index in [1.807, 2.05) is 19.4 Å². The molecule has 1 aromatic heterocycles. The maximum absolute atomic E-state index is 5.39. The second-order valence-corrected chi connectivity index (χ2v) is 6.12. The fourth-order valence-corrected chi connectivity index (χ4v) is 1.98. The average molecular weight is 264 g/mol. The Bertz CT molecular complexity index is 393. The number of anilines is 1. The smallest absolute Gasteiger partial charge is 0.225 e. The zero-order chi connectivity index (χ0) is 13.9. The van der Waals surface area contributed by atoms with E-state index in [0.717, 1.165) is 37.7 Å². The van der Waals surface area contributed by atoms with Gasteiger partial charge in [0.2, 0.25) is 5.95 Å². The van der Waals surface area contributed by atoms with Gasteiger partial charge in [0.1, 0.15) is 0 Å². The fraction of sp³-hybridized carbons (Fsp3) is 0.714. The van der Waals surface area contributed by atoms with Crippen molar-refractivity contribution in [2.45, 2.75) is 45.3 Å². The molecule has 2 rings (SSSR count). The van der Waals surface area contributed by atoms with Crippen LogP contribution in [0.15, 0.2) is 12.4 Å². The molecular weight excluding hydrogens is 240 g/mol. The second-order valence-electron chi connectivity index (χ2n) is 6.12. The van der Waals surface area contributed by atoms with Gasteiger partial charge >= 0.3 is 0 Å². The minimum atomic E-state index is 0.108. The Balaban J connectivity index is 1.94. The highest BCUT2D eigenvalue weighted by Gasteiger charge is 2.22. The summed E-state index contributed by atoms with van der Waals surface area (Å²) in [5.41, 5.74) is 1.21. The number of hydrogen-bond acceptors (Lipinski definition) is 5. The normalized spacial score (nSPS) is 19.7. The summed E-state index contributed by atoms with van der Waals surface area (Å²) in [7, 11) is 2.03. The van der Waals surface area contributed by atoms with Gasteiger partial charge in [0.05, 0.1) is 12.6 Å². The molecule has 5 nitrogen and oxygen atoms in total. The topological polar surface area (TPSA) is 50.3 Å². The highest BCUT2D eigenvalue weighted by molar-refractivity contribution is 5.30. The van der Waals surface area contributed by atoms with Gasteiger partial charge in [0, 0.05) is 43.7 Å². The van der Waals surface area contributed by atoms with Gasteiger partial charge in [-0.25, -0.2) is 9.97 Å². The van der Waals surface area contributed by atoms with Crippen molar-refractivity contribution < 1.29 is 4.74 Å². The van der Waals surface area contributed by atoms with Gasteiger partial charge < -0.3 is 15.0 Å². The third-order valence-corrected chi connectivity index (χ3v) is 3.28. The van der Waals surface area contributed by atoms with Crippen LogP contribution in [0.2, 0.25) is 0 Å². The van der Waals surface area contributed by atoms with Crippen LogP contribution < -0.4 is 10.2 Å². The molecule has 1 aliphatic rings. The summed E-state index contributed by atoms with van der Waals surface area (Å²) in [6, 6.07) is 0.401. The fourth-order valence-electron chi connectivity index (χ4n) is 1.98. The molecule has 1 aliphatic heterocycles. The van der Waals surface area contributed by atoms with Crippen LogP contribution in [0.5, 0.6) is 0 Å². The first kappa shape index (κ1) is 14.2. The van der Waals surface area contributed by atoms with Crippen LogP contribution in [-0.2, 0) is 11.3 Å². The van der Waals surface area contributed by atoms with Crippen molar-refractivity contribution in [3.05, 3.63) is 18.0 Å². The van der Waals surface area contributed by atoms with Crippen LogP contribution >= 0.6 is 0 Å². The lowest BCUT2D eigenvalue weighted by Crippen LogP contribution is -2.35. The van der Waals surface area contributed by atoms with Gasteiger partial charge in [-0.3, -0.25) is 0 Å². The van der Waals surface area contributed by atoms with Crippen LogP contribution in [0.4, 0.5) is 5.95 Å². The largest absolute Gasteiger partial charge is 0.379 e. The van der Waals surface area contributed by atoms with E-state index < -0.39 is 0 Å². The Labute approximate surface area is 115 Å². The molecule has 1 aromatic rings. The molecule has 2 heterocycles. The van der Waals surface area contributed by atoms with E-state index in [1.54, 1.807) is 0 Å². The van der Waals surface area contributed by atoms with Gasteiger partial charge in [0.15, 0.2) is 0 Å². The molecule has 19 heavy (non-hydrogen) atoms. The Hall–Kier alpha value is -1.20. The number of ether oxygens (including phenoxy) is 1. The summed E-state index contributed by atoms with van der Waals surface area (Å²) < 4.78 is 5.39. The molecule has 0 saturated carbocycles. The number of rotatable bonds is 4. The summed E-state index contributed by atoms with van der Waals surface area (Å²) in [6.07, 6.45) is 4.84. The first-order chi connectivity index (χ1) is 8.96. The first-order valence-corrected chi connectivity index (χ1v) is 6.82. The quantitative estimate of drug-likeness (QED) is 0.895. The van der Waals surface area contributed by atoms with Crippen LogP contribution in [0.25, 0.3) is 0 Å². The number of hydrogen-bond donors (Lipinski definition) is 1. The Morgan fingerprint density at radius 3 is 2.58 bits per heavy atom. The minimum Gasteiger partial charge on any atom is -0.379 e. The maximum Gasteiger partial charge on any atom is 0.225 e. The lowest BCUT2D eigenvalue weighted by Gasteiger charge is -2.23. The minimum absolute atomic E-state index is 0.108. The van der Waals surface area contributed by atoms with Gasteiger partial charge in [-0.05, 0) is 27.2 Å². The standard InChI is InChI=1S/C14H24N4O/c1-14(2,3)17-9-11-7-15-13(16-8-11)18(4)12-5-6-19-10-12/h7-8,12,17H,5-6,9-10H2,1-4H3. The van der Waals surface area contributed by atoms with Gasteiger partial charge in [0.25, 0.3) is 0 Å². The van der Waals surface area contributed by atoms with E-state index in [0.29, 0.717) is 6.04 Å². The van der Waals surface area contributed by atoms with Crippen LogP contribution in [0.3, 0.4) is 0 Å². The monoisotopic (exact) mass is 264 g/mol. The molecule has 106 valence electrons. The number of nitrogens with zero attached hydrogens (tertiary/aromatic N) is 3. The molecule has 1 unspecified atom stereocenters. The van der Waals surface area contributed by atoms with Crippen molar-refractivity contribution in [1.82, 2.24) is 15.3 Å². The SMILES string of the molecule is CN(c1ncc(CNC(C)(C)C)cn1)C1CCOC1. The third kappa shape index (κ3) is 4.14. The van der Waals surface area contributed by atoms with E-state index in [4.69, 9.17) is 4.74 Å². The molecule has 5 heteroatoms. The molecule has 1 saturated heterocycles. The van der Waals surface area contributed by atoms with E-state index in [9.17, 15) is 0 Å². The highest BCUT2D eigenvalue weighted by Crippen LogP contribution is 2.16. The molecule has 1 atom stereocenters. The molecule has 0 spiro atoms. The third-order valence-electron chi connectivity index (χ3n) is 3.28. The van der Waals surface area contributed by atoms with E-state index in [2.05, 4.69) is 41.0 Å².